The first-order valence-corrected chi connectivity index (χ1v) is 12.5. The van der Waals surface area contributed by atoms with E-state index in [2.05, 4.69) is 32.9 Å². The second kappa shape index (κ2) is 8.78. The summed E-state index contributed by atoms with van der Waals surface area (Å²) in [5.74, 6) is -0.159. The summed E-state index contributed by atoms with van der Waals surface area (Å²) < 4.78 is 28.9. The standard InChI is InChI=1S/C21H16IN3O3S2/c22-16-10-4-5-11-17(16)23-20(26)14-29-21-24-18-12-6-7-13-19(18)25(21)30(27,28)15-8-2-1-3-9-15/h1-13H,14H2,(H,23,26)/p+1. The van der Waals surface area contributed by atoms with Crippen LogP contribution < -0.4 is 9.29 Å². The zero-order valence-corrected chi connectivity index (χ0v) is 19.4. The number of carbonyl (C=O) groups excluding carboxylic acids is 1. The first-order valence-electron chi connectivity index (χ1n) is 8.97. The van der Waals surface area contributed by atoms with Crippen molar-refractivity contribution < 1.29 is 17.2 Å². The molecule has 0 spiro atoms. The number of nitrogens with zero attached hydrogens (tertiary/aromatic N) is 1. The molecule has 1 aromatic heterocycles. The number of anilines is 1. The Hall–Kier alpha value is -2.37. The number of thioether (sulfide) groups is 1. The summed E-state index contributed by atoms with van der Waals surface area (Å²) in [6, 6.07) is 22.9. The smallest absolute Gasteiger partial charge is 0.324 e. The molecular formula is C21H17IN3O3S2+. The molecule has 0 aliphatic heterocycles. The summed E-state index contributed by atoms with van der Waals surface area (Å²) in [7, 11) is -3.83. The van der Waals surface area contributed by atoms with Gasteiger partial charge < -0.3 is 5.32 Å². The Morgan fingerprint density at radius 2 is 1.63 bits per heavy atom. The molecule has 0 aliphatic carbocycles. The number of amides is 1. The van der Waals surface area contributed by atoms with E-state index in [9.17, 15) is 13.2 Å². The van der Waals surface area contributed by atoms with Gasteiger partial charge in [-0.05, 0) is 70.8 Å². The van der Waals surface area contributed by atoms with Crippen LogP contribution in [-0.2, 0) is 14.8 Å². The van der Waals surface area contributed by atoms with Crippen molar-refractivity contribution in [2.75, 3.05) is 11.1 Å². The molecule has 9 heteroatoms. The molecule has 1 heterocycles. The summed E-state index contributed by atoms with van der Waals surface area (Å²) in [6.45, 7) is 0. The van der Waals surface area contributed by atoms with Crippen molar-refractivity contribution in [3.8, 4) is 0 Å². The van der Waals surface area contributed by atoms with E-state index >= 15 is 0 Å². The van der Waals surface area contributed by atoms with Crippen LogP contribution in [0.1, 0.15) is 0 Å². The first kappa shape index (κ1) is 20.9. The zero-order valence-electron chi connectivity index (χ0n) is 15.6. The number of halogens is 1. The number of hydrogen-bond acceptors (Lipinski definition) is 4. The quantitative estimate of drug-likeness (QED) is 0.216. The van der Waals surface area contributed by atoms with E-state index in [-0.39, 0.29) is 16.6 Å². The molecule has 0 bridgehead atoms. The molecular weight excluding hydrogens is 533 g/mol. The van der Waals surface area contributed by atoms with Crippen LogP contribution in [0.3, 0.4) is 0 Å². The fourth-order valence-corrected chi connectivity index (χ4v) is 6.05. The van der Waals surface area contributed by atoms with Crippen molar-refractivity contribution in [1.82, 2.24) is 4.98 Å². The van der Waals surface area contributed by atoms with Gasteiger partial charge in [-0.1, -0.05) is 42.5 Å². The maximum Gasteiger partial charge on any atom is 0.336 e. The van der Waals surface area contributed by atoms with Gasteiger partial charge in [0.2, 0.25) is 5.91 Å². The number of aromatic nitrogens is 2. The predicted octanol–water partition coefficient (Wildman–Crippen LogP) is 4.03. The fraction of sp³-hybridized carbons (Fsp3) is 0.0476. The molecule has 0 saturated heterocycles. The van der Waals surface area contributed by atoms with Gasteiger partial charge in [-0.2, -0.15) is 8.42 Å². The molecule has 0 aliphatic rings. The summed E-state index contributed by atoms with van der Waals surface area (Å²) in [5, 5.41) is 3.24. The van der Waals surface area contributed by atoms with Crippen LogP contribution in [0.2, 0.25) is 0 Å². The van der Waals surface area contributed by atoms with Crippen molar-refractivity contribution in [2.45, 2.75) is 10.1 Å². The lowest BCUT2D eigenvalue weighted by Crippen LogP contribution is -2.44. The predicted molar refractivity (Wildman–Crippen MR) is 126 cm³/mol. The van der Waals surface area contributed by atoms with E-state index in [1.54, 1.807) is 42.5 Å². The van der Waals surface area contributed by atoms with Gasteiger partial charge in [0, 0.05) is 3.57 Å². The largest absolute Gasteiger partial charge is 0.336 e. The Morgan fingerprint density at radius 1 is 0.967 bits per heavy atom. The molecule has 4 rings (SSSR count). The first-order chi connectivity index (χ1) is 14.5. The number of carbonyl (C=O) groups is 1. The Kier molecular flexibility index (Phi) is 6.11. The highest BCUT2D eigenvalue weighted by Crippen LogP contribution is 2.22. The van der Waals surface area contributed by atoms with Crippen molar-refractivity contribution >= 4 is 67.0 Å². The Morgan fingerprint density at radius 3 is 2.40 bits per heavy atom. The zero-order chi connectivity index (χ0) is 21.1. The van der Waals surface area contributed by atoms with Crippen LogP contribution in [0, 0.1) is 3.57 Å². The SMILES string of the molecule is O=C(CSc1[nH]c2ccccc2[n+]1S(=O)(=O)c1ccccc1)Nc1ccccc1I. The van der Waals surface area contributed by atoms with E-state index in [0.717, 1.165) is 21.0 Å². The van der Waals surface area contributed by atoms with Crippen LogP contribution in [-0.4, -0.2) is 25.1 Å². The Balaban J connectivity index is 1.66. The maximum absolute atomic E-state index is 13.3. The van der Waals surface area contributed by atoms with Gasteiger partial charge in [-0.3, -0.25) is 4.79 Å². The molecule has 0 radical (unpaired) electrons. The number of nitrogens with one attached hydrogen (secondary N) is 2. The average Bonchev–Trinajstić information content (AvgIpc) is 3.14. The molecule has 30 heavy (non-hydrogen) atoms. The average molecular weight is 550 g/mol. The molecule has 1 amide bonds. The third kappa shape index (κ3) is 4.23. The molecule has 0 atom stereocenters. The molecule has 6 nitrogen and oxygen atoms in total. The number of fused-ring (bicyclic) bond motifs is 1. The van der Waals surface area contributed by atoms with Gasteiger partial charge in [-0.25, -0.2) is 4.98 Å². The third-order valence-corrected chi connectivity index (χ3v) is 8.07. The van der Waals surface area contributed by atoms with E-state index < -0.39 is 10.0 Å². The molecule has 0 saturated carbocycles. The number of benzene rings is 3. The van der Waals surface area contributed by atoms with E-state index in [0.29, 0.717) is 16.2 Å². The minimum Gasteiger partial charge on any atom is -0.324 e. The van der Waals surface area contributed by atoms with Crippen LogP contribution in [0.5, 0.6) is 0 Å². The van der Waals surface area contributed by atoms with Crippen molar-refractivity contribution in [3.63, 3.8) is 0 Å². The van der Waals surface area contributed by atoms with E-state index in [4.69, 9.17) is 0 Å². The normalized spacial score (nSPS) is 11.5. The topological polar surface area (TPSA) is 82.9 Å². The molecule has 152 valence electrons. The molecule has 3 aromatic carbocycles. The number of hydrogen-bond donors (Lipinski definition) is 2. The Bertz CT molecular complexity index is 1320. The lowest BCUT2D eigenvalue weighted by atomic mass is 10.3. The molecule has 2 N–H and O–H groups in total. The highest BCUT2D eigenvalue weighted by molar-refractivity contribution is 14.1. The minimum atomic E-state index is -3.83. The summed E-state index contributed by atoms with van der Waals surface area (Å²) in [5.41, 5.74) is 1.93. The van der Waals surface area contributed by atoms with Crippen molar-refractivity contribution in [3.05, 3.63) is 82.4 Å². The van der Waals surface area contributed by atoms with Gasteiger partial charge >= 0.3 is 15.2 Å². The number of aromatic amines is 1. The number of para-hydroxylation sites is 3. The van der Waals surface area contributed by atoms with Crippen molar-refractivity contribution in [2.24, 2.45) is 0 Å². The summed E-state index contributed by atoms with van der Waals surface area (Å²) in [4.78, 5) is 15.8. The number of rotatable bonds is 6. The van der Waals surface area contributed by atoms with E-state index in [1.807, 2.05) is 36.4 Å². The van der Waals surface area contributed by atoms with Crippen LogP contribution in [0.15, 0.2) is 88.9 Å². The molecule has 4 aromatic rings. The third-order valence-electron chi connectivity index (χ3n) is 4.32. The minimum absolute atomic E-state index is 0.0576. The lowest BCUT2D eigenvalue weighted by Gasteiger charge is -2.06. The van der Waals surface area contributed by atoms with E-state index in [1.165, 1.54) is 3.97 Å². The Labute approximate surface area is 191 Å². The van der Waals surface area contributed by atoms with Gasteiger partial charge in [0.05, 0.1) is 11.4 Å². The van der Waals surface area contributed by atoms with Gasteiger partial charge in [0.1, 0.15) is 4.90 Å². The number of H-pyrrole nitrogens is 1. The second-order valence-corrected chi connectivity index (χ2v) is 10.3. The maximum atomic E-state index is 13.3. The summed E-state index contributed by atoms with van der Waals surface area (Å²) in [6.07, 6.45) is 0. The van der Waals surface area contributed by atoms with Crippen molar-refractivity contribution in [1.29, 1.82) is 0 Å². The van der Waals surface area contributed by atoms with Gasteiger partial charge in [-0.15, -0.1) is 3.97 Å². The fourth-order valence-electron chi connectivity index (χ4n) is 2.95. The van der Waals surface area contributed by atoms with Crippen LogP contribution >= 0.6 is 34.4 Å². The van der Waals surface area contributed by atoms with Gasteiger partial charge in [0.25, 0.3) is 0 Å². The highest BCUT2D eigenvalue weighted by atomic mass is 127. The molecule has 0 unspecified atom stereocenters. The number of imidazole rings is 1. The highest BCUT2D eigenvalue weighted by Gasteiger charge is 2.31. The van der Waals surface area contributed by atoms with Crippen LogP contribution in [0.4, 0.5) is 5.69 Å². The monoisotopic (exact) mass is 550 g/mol. The summed E-state index contributed by atoms with van der Waals surface area (Å²) >= 11 is 3.30. The lowest BCUT2D eigenvalue weighted by molar-refractivity contribution is -0.526. The second-order valence-electron chi connectivity index (χ2n) is 6.35. The molecule has 0 fully saturated rings. The van der Waals surface area contributed by atoms with Gasteiger partial charge in [0.15, 0.2) is 11.0 Å². The van der Waals surface area contributed by atoms with Crippen LogP contribution in [0.25, 0.3) is 11.0 Å².